The molecule has 1 amide bonds. The van der Waals surface area contributed by atoms with Crippen molar-refractivity contribution in [1.82, 2.24) is 5.32 Å². The first kappa shape index (κ1) is 14.9. The molecular weight excluding hydrogens is 254 g/mol. The van der Waals surface area contributed by atoms with Gasteiger partial charge in [0.1, 0.15) is 5.75 Å². The summed E-state index contributed by atoms with van der Waals surface area (Å²) < 4.78 is 5.16. The molecule has 4 nitrogen and oxygen atoms in total. The fraction of sp³-hybridized carbons (Fsp3) is 0.562. The van der Waals surface area contributed by atoms with E-state index in [1.54, 1.807) is 7.11 Å². The van der Waals surface area contributed by atoms with E-state index in [0.717, 1.165) is 30.6 Å². The Morgan fingerprint density at radius 1 is 1.45 bits per heavy atom. The minimum Gasteiger partial charge on any atom is -0.497 e. The molecule has 2 rings (SSSR count). The number of hydrogen-bond acceptors (Lipinski definition) is 3. The SMILES string of the molecule is COc1cccc(CCC(=O)NCC2CCCC2O)c1. The molecule has 0 aliphatic heterocycles. The summed E-state index contributed by atoms with van der Waals surface area (Å²) in [7, 11) is 1.64. The molecule has 0 heterocycles. The Balaban J connectivity index is 1.71. The number of aliphatic hydroxyl groups excluding tert-OH is 1. The zero-order valence-corrected chi connectivity index (χ0v) is 12.0. The lowest BCUT2D eigenvalue weighted by Gasteiger charge is -2.15. The lowest BCUT2D eigenvalue weighted by molar-refractivity contribution is -0.121. The Kier molecular flexibility index (Phi) is 5.41. The predicted octanol–water partition coefficient (Wildman–Crippen LogP) is 1.90. The number of carbonyl (C=O) groups excluding carboxylic acids is 1. The van der Waals surface area contributed by atoms with Crippen molar-refractivity contribution in [3.05, 3.63) is 29.8 Å². The van der Waals surface area contributed by atoms with E-state index in [0.29, 0.717) is 19.4 Å². The summed E-state index contributed by atoms with van der Waals surface area (Å²) in [6.45, 7) is 0.595. The van der Waals surface area contributed by atoms with Crippen LogP contribution in [0, 0.1) is 5.92 Å². The molecule has 1 aliphatic carbocycles. The first-order valence-corrected chi connectivity index (χ1v) is 7.26. The van der Waals surface area contributed by atoms with Gasteiger partial charge in [0.2, 0.25) is 5.91 Å². The van der Waals surface area contributed by atoms with Crippen molar-refractivity contribution in [1.29, 1.82) is 0 Å². The maximum absolute atomic E-state index is 11.8. The largest absolute Gasteiger partial charge is 0.497 e. The van der Waals surface area contributed by atoms with E-state index in [9.17, 15) is 9.90 Å². The molecule has 1 aliphatic rings. The number of aryl methyl sites for hydroxylation is 1. The van der Waals surface area contributed by atoms with Crippen molar-refractivity contribution in [2.75, 3.05) is 13.7 Å². The highest BCUT2D eigenvalue weighted by Gasteiger charge is 2.25. The van der Waals surface area contributed by atoms with Crippen LogP contribution in [0.25, 0.3) is 0 Å². The average Bonchev–Trinajstić information content (AvgIpc) is 2.88. The summed E-state index contributed by atoms with van der Waals surface area (Å²) in [6, 6.07) is 7.77. The van der Waals surface area contributed by atoms with E-state index in [1.165, 1.54) is 0 Å². The molecule has 20 heavy (non-hydrogen) atoms. The van der Waals surface area contributed by atoms with Crippen LogP contribution in [0.4, 0.5) is 0 Å². The van der Waals surface area contributed by atoms with E-state index < -0.39 is 0 Å². The number of methoxy groups -OCH3 is 1. The highest BCUT2D eigenvalue weighted by Crippen LogP contribution is 2.24. The number of ether oxygens (including phenoxy) is 1. The van der Waals surface area contributed by atoms with Gasteiger partial charge in [0.05, 0.1) is 13.2 Å². The molecule has 0 aromatic heterocycles. The van der Waals surface area contributed by atoms with Gasteiger partial charge in [-0.25, -0.2) is 0 Å². The summed E-state index contributed by atoms with van der Waals surface area (Å²) in [5, 5.41) is 12.6. The second-order valence-corrected chi connectivity index (χ2v) is 5.41. The number of hydrogen-bond donors (Lipinski definition) is 2. The first-order chi connectivity index (χ1) is 9.69. The van der Waals surface area contributed by atoms with Gasteiger partial charge in [0, 0.05) is 18.9 Å². The third-order valence-corrected chi connectivity index (χ3v) is 3.96. The van der Waals surface area contributed by atoms with E-state index >= 15 is 0 Å². The number of nitrogens with one attached hydrogen (secondary N) is 1. The van der Waals surface area contributed by atoms with Gasteiger partial charge < -0.3 is 15.2 Å². The van der Waals surface area contributed by atoms with Crippen LogP contribution in [0.5, 0.6) is 5.75 Å². The predicted molar refractivity (Wildman–Crippen MR) is 77.7 cm³/mol. The second-order valence-electron chi connectivity index (χ2n) is 5.41. The van der Waals surface area contributed by atoms with Crippen molar-refractivity contribution >= 4 is 5.91 Å². The minimum atomic E-state index is -0.242. The maximum atomic E-state index is 11.8. The molecule has 1 aromatic rings. The van der Waals surface area contributed by atoms with E-state index in [2.05, 4.69) is 5.32 Å². The molecule has 2 atom stereocenters. The molecule has 0 saturated heterocycles. The Bertz CT molecular complexity index is 447. The Morgan fingerprint density at radius 2 is 2.30 bits per heavy atom. The van der Waals surface area contributed by atoms with Crippen molar-refractivity contribution < 1.29 is 14.6 Å². The van der Waals surface area contributed by atoms with Gasteiger partial charge in [0.15, 0.2) is 0 Å². The van der Waals surface area contributed by atoms with E-state index in [1.807, 2.05) is 24.3 Å². The summed E-state index contributed by atoms with van der Waals surface area (Å²) in [5.74, 6) is 1.10. The summed E-state index contributed by atoms with van der Waals surface area (Å²) in [6.07, 6.45) is 3.87. The van der Waals surface area contributed by atoms with Gasteiger partial charge in [-0.1, -0.05) is 18.6 Å². The Labute approximate surface area is 120 Å². The number of carbonyl (C=O) groups is 1. The van der Waals surface area contributed by atoms with Crippen LogP contribution < -0.4 is 10.1 Å². The molecular formula is C16H23NO3. The van der Waals surface area contributed by atoms with E-state index in [4.69, 9.17) is 4.74 Å². The van der Waals surface area contributed by atoms with Gasteiger partial charge >= 0.3 is 0 Å². The second kappa shape index (κ2) is 7.29. The fourth-order valence-electron chi connectivity index (χ4n) is 2.67. The maximum Gasteiger partial charge on any atom is 0.220 e. The molecule has 2 N–H and O–H groups in total. The summed E-state index contributed by atoms with van der Waals surface area (Å²) >= 11 is 0. The van der Waals surface area contributed by atoms with Crippen LogP contribution in [0.15, 0.2) is 24.3 Å². The van der Waals surface area contributed by atoms with Crippen molar-refractivity contribution in [2.24, 2.45) is 5.92 Å². The molecule has 0 radical (unpaired) electrons. The smallest absolute Gasteiger partial charge is 0.220 e. The first-order valence-electron chi connectivity index (χ1n) is 7.26. The molecule has 1 fully saturated rings. The van der Waals surface area contributed by atoms with Gasteiger partial charge in [-0.3, -0.25) is 4.79 Å². The minimum absolute atomic E-state index is 0.0481. The normalized spacial score (nSPS) is 21.7. The molecule has 0 spiro atoms. The quantitative estimate of drug-likeness (QED) is 0.835. The van der Waals surface area contributed by atoms with Crippen LogP contribution in [0.2, 0.25) is 0 Å². The molecule has 0 bridgehead atoms. The zero-order chi connectivity index (χ0) is 14.4. The van der Waals surface area contributed by atoms with Crippen LogP contribution in [0.3, 0.4) is 0 Å². The summed E-state index contributed by atoms with van der Waals surface area (Å²) in [5.41, 5.74) is 1.10. The fourth-order valence-corrected chi connectivity index (χ4v) is 2.67. The van der Waals surface area contributed by atoms with E-state index in [-0.39, 0.29) is 17.9 Å². The number of rotatable bonds is 6. The molecule has 1 saturated carbocycles. The highest BCUT2D eigenvalue weighted by molar-refractivity contribution is 5.76. The lowest BCUT2D eigenvalue weighted by atomic mass is 10.1. The Morgan fingerprint density at radius 3 is 3.00 bits per heavy atom. The van der Waals surface area contributed by atoms with Gasteiger partial charge in [-0.05, 0) is 37.0 Å². The van der Waals surface area contributed by atoms with Crippen molar-refractivity contribution in [3.8, 4) is 5.75 Å². The van der Waals surface area contributed by atoms with Gasteiger partial charge in [-0.15, -0.1) is 0 Å². The van der Waals surface area contributed by atoms with Gasteiger partial charge in [0.25, 0.3) is 0 Å². The van der Waals surface area contributed by atoms with Crippen molar-refractivity contribution in [2.45, 2.75) is 38.2 Å². The van der Waals surface area contributed by atoms with Crippen LogP contribution >= 0.6 is 0 Å². The van der Waals surface area contributed by atoms with Crippen LogP contribution in [0.1, 0.15) is 31.2 Å². The number of benzene rings is 1. The van der Waals surface area contributed by atoms with Crippen molar-refractivity contribution in [3.63, 3.8) is 0 Å². The third-order valence-electron chi connectivity index (χ3n) is 3.96. The Hall–Kier alpha value is -1.55. The molecule has 2 unspecified atom stereocenters. The third kappa shape index (κ3) is 4.23. The van der Waals surface area contributed by atoms with Crippen LogP contribution in [-0.4, -0.2) is 30.8 Å². The molecule has 110 valence electrons. The highest BCUT2D eigenvalue weighted by atomic mass is 16.5. The topological polar surface area (TPSA) is 58.6 Å². The van der Waals surface area contributed by atoms with Gasteiger partial charge in [-0.2, -0.15) is 0 Å². The number of aliphatic hydroxyl groups is 1. The van der Waals surface area contributed by atoms with Crippen LogP contribution in [-0.2, 0) is 11.2 Å². The number of amides is 1. The lowest BCUT2D eigenvalue weighted by Crippen LogP contribution is -2.32. The molecule has 1 aromatic carbocycles. The monoisotopic (exact) mass is 277 g/mol. The zero-order valence-electron chi connectivity index (χ0n) is 12.0. The standard InChI is InChI=1S/C16H23NO3/c1-20-14-6-2-4-12(10-14)8-9-16(19)17-11-13-5-3-7-15(13)18/h2,4,6,10,13,15,18H,3,5,7-9,11H2,1H3,(H,17,19). The summed E-state index contributed by atoms with van der Waals surface area (Å²) in [4.78, 5) is 11.8. The molecule has 4 heteroatoms. The average molecular weight is 277 g/mol.